The predicted molar refractivity (Wildman–Crippen MR) is 83.7 cm³/mol. The number of hydrogen-bond donors (Lipinski definition) is 2. The molecule has 0 atom stereocenters. The van der Waals surface area contributed by atoms with Gasteiger partial charge in [0.25, 0.3) is 0 Å². The van der Waals surface area contributed by atoms with Crippen molar-refractivity contribution in [3.05, 3.63) is 33.8 Å². The third-order valence-corrected chi connectivity index (χ3v) is 3.98. The molecule has 1 aromatic carbocycles. The lowest BCUT2D eigenvalue weighted by Gasteiger charge is -2.21. The van der Waals surface area contributed by atoms with E-state index in [1.165, 1.54) is 0 Å². The van der Waals surface area contributed by atoms with Crippen LogP contribution >= 0.6 is 35.4 Å². The van der Waals surface area contributed by atoms with Crippen LogP contribution < -0.4 is 11.1 Å². The number of benzene rings is 1. The minimum Gasteiger partial charge on any atom is -0.392 e. The van der Waals surface area contributed by atoms with E-state index in [4.69, 9.17) is 41.2 Å². The molecule has 0 unspecified atom stereocenters. The van der Waals surface area contributed by atoms with Crippen LogP contribution in [0.1, 0.15) is 19.4 Å². The van der Waals surface area contributed by atoms with Crippen molar-refractivity contribution in [1.82, 2.24) is 5.32 Å². The van der Waals surface area contributed by atoms with Crippen LogP contribution in [0.5, 0.6) is 0 Å². The summed E-state index contributed by atoms with van der Waals surface area (Å²) < 4.78 is 0. The first-order valence-corrected chi connectivity index (χ1v) is 6.93. The predicted octanol–water partition coefficient (Wildman–Crippen LogP) is 2.96. The molecule has 0 aliphatic carbocycles. The van der Waals surface area contributed by atoms with Gasteiger partial charge in [0.2, 0.25) is 5.91 Å². The summed E-state index contributed by atoms with van der Waals surface area (Å²) in [6, 6.07) is 5.29. The van der Waals surface area contributed by atoms with Gasteiger partial charge in [-0.3, -0.25) is 4.79 Å². The normalized spacial score (nSPS) is 11.2. The zero-order valence-corrected chi connectivity index (χ0v) is 13.1. The molecule has 0 aliphatic heterocycles. The minimum atomic E-state index is -0.848. The highest BCUT2D eigenvalue weighted by Crippen LogP contribution is 2.21. The molecule has 0 aliphatic rings. The molecule has 0 bridgehead atoms. The van der Waals surface area contributed by atoms with Crippen LogP contribution in [0.4, 0.5) is 0 Å². The van der Waals surface area contributed by atoms with Gasteiger partial charge in [-0.2, -0.15) is 0 Å². The molecule has 0 heterocycles. The standard InChI is InChI=1S/C13H16Cl2N2OS/c1-13(2,11(16)19)12(18)17-6-5-8-3-4-9(14)7-10(8)15/h3-4,7H,5-6H2,1-2H3,(H2,16,19)(H,17,18). The fraction of sp³-hybridized carbons (Fsp3) is 0.385. The molecular formula is C13H16Cl2N2OS. The second kappa shape index (κ2) is 6.55. The Morgan fingerprint density at radius 3 is 2.58 bits per heavy atom. The Balaban J connectivity index is 2.55. The van der Waals surface area contributed by atoms with Gasteiger partial charge in [0.05, 0.1) is 10.4 Å². The summed E-state index contributed by atoms with van der Waals surface area (Å²) in [5.41, 5.74) is 5.61. The molecule has 1 amide bonds. The number of nitrogens with one attached hydrogen (secondary N) is 1. The van der Waals surface area contributed by atoms with Gasteiger partial charge >= 0.3 is 0 Å². The van der Waals surface area contributed by atoms with E-state index in [9.17, 15) is 4.79 Å². The molecule has 3 N–H and O–H groups in total. The first-order valence-electron chi connectivity index (χ1n) is 5.77. The zero-order chi connectivity index (χ0) is 14.6. The molecule has 0 saturated heterocycles. The van der Waals surface area contributed by atoms with Crippen LogP contribution in [0.3, 0.4) is 0 Å². The van der Waals surface area contributed by atoms with Crippen LogP contribution in [0, 0.1) is 5.41 Å². The number of thiocarbonyl (C=S) groups is 1. The van der Waals surface area contributed by atoms with Crippen LogP contribution in [0.25, 0.3) is 0 Å². The zero-order valence-electron chi connectivity index (χ0n) is 10.8. The summed E-state index contributed by atoms with van der Waals surface area (Å²) in [5.74, 6) is -0.190. The molecule has 19 heavy (non-hydrogen) atoms. The Hall–Kier alpha value is -0.840. The molecule has 104 valence electrons. The summed E-state index contributed by atoms with van der Waals surface area (Å²) in [5, 5.41) is 3.98. The fourth-order valence-corrected chi connectivity index (χ4v) is 1.96. The maximum Gasteiger partial charge on any atom is 0.232 e. The largest absolute Gasteiger partial charge is 0.392 e. The second-order valence-corrected chi connectivity index (χ2v) is 6.01. The van der Waals surface area contributed by atoms with Crippen molar-refractivity contribution in [3.8, 4) is 0 Å². The van der Waals surface area contributed by atoms with Crippen molar-refractivity contribution in [1.29, 1.82) is 0 Å². The average Bonchev–Trinajstić information content (AvgIpc) is 2.31. The number of carbonyl (C=O) groups is 1. The number of hydrogen-bond acceptors (Lipinski definition) is 2. The van der Waals surface area contributed by atoms with Crippen molar-refractivity contribution >= 4 is 46.3 Å². The smallest absolute Gasteiger partial charge is 0.232 e. The van der Waals surface area contributed by atoms with E-state index < -0.39 is 5.41 Å². The van der Waals surface area contributed by atoms with E-state index in [0.29, 0.717) is 23.0 Å². The number of halogens is 2. The Morgan fingerprint density at radius 2 is 2.05 bits per heavy atom. The summed E-state index contributed by atoms with van der Waals surface area (Å²) in [6.45, 7) is 3.85. The van der Waals surface area contributed by atoms with Crippen LogP contribution in [-0.2, 0) is 11.2 Å². The molecule has 3 nitrogen and oxygen atoms in total. The number of amides is 1. The summed E-state index contributed by atoms with van der Waals surface area (Å²) in [7, 11) is 0. The van der Waals surface area contributed by atoms with Crippen LogP contribution in [-0.4, -0.2) is 17.4 Å². The highest BCUT2D eigenvalue weighted by molar-refractivity contribution is 7.80. The van der Waals surface area contributed by atoms with Gasteiger partial charge in [0.1, 0.15) is 0 Å². The van der Waals surface area contributed by atoms with Crippen LogP contribution in [0.15, 0.2) is 18.2 Å². The summed E-state index contributed by atoms with van der Waals surface area (Å²) >= 11 is 16.7. The van der Waals surface area contributed by atoms with E-state index in [1.807, 2.05) is 6.07 Å². The van der Waals surface area contributed by atoms with Gasteiger partial charge in [0, 0.05) is 16.6 Å². The Bertz CT molecular complexity index is 503. The molecule has 6 heteroatoms. The molecule has 0 aromatic heterocycles. The lowest BCUT2D eigenvalue weighted by molar-refractivity contribution is -0.126. The van der Waals surface area contributed by atoms with Gasteiger partial charge in [-0.1, -0.05) is 41.5 Å². The highest BCUT2D eigenvalue weighted by Gasteiger charge is 2.30. The third-order valence-electron chi connectivity index (χ3n) is 2.88. The number of carbonyl (C=O) groups excluding carboxylic acids is 1. The SMILES string of the molecule is CC(C)(C(=O)NCCc1ccc(Cl)cc1Cl)C(N)=S. The summed E-state index contributed by atoms with van der Waals surface area (Å²) in [6.07, 6.45) is 0.620. The fourth-order valence-electron chi connectivity index (χ4n) is 1.37. The topological polar surface area (TPSA) is 55.1 Å². The van der Waals surface area contributed by atoms with E-state index in [-0.39, 0.29) is 10.9 Å². The Morgan fingerprint density at radius 1 is 1.42 bits per heavy atom. The first-order chi connectivity index (χ1) is 8.75. The van der Waals surface area contributed by atoms with E-state index in [0.717, 1.165) is 5.56 Å². The maximum atomic E-state index is 11.9. The van der Waals surface area contributed by atoms with Gasteiger partial charge in [-0.25, -0.2) is 0 Å². The first kappa shape index (κ1) is 16.2. The monoisotopic (exact) mass is 318 g/mol. The van der Waals surface area contributed by atoms with E-state index >= 15 is 0 Å². The molecular weight excluding hydrogens is 303 g/mol. The van der Waals surface area contributed by atoms with Gasteiger partial charge in [-0.05, 0) is 38.0 Å². The van der Waals surface area contributed by atoms with Gasteiger partial charge in [-0.15, -0.1) is 0 Å². The lowest BCUT2D eigenvalue weighted by atomic mass is 9.92. The van der Waals surface area contributed by atoms with Gasteiger partial charge in [0.15, 0.2) is 0 Å². The lowest BCUT2D eigenvalue weighted by Crippen LogP contribution is -2.45. The number of nitrogens with two attached hydrogens (primary N) is 1. The van der Waals surface area contributed by atoms with Crippen molar-refractivity contribution in [2.24, 2.45) is 11.1 Å². The molecule has 0 radical (unpaired) electrons. The maximum absolute atomic E-state index is 11.9. The van der Waals surface area contributed by atoms with E-state index in [1.54, 1.807) is 26.0 Å². The van der Waals surface area contributed by atoms with E-state index in [2.05, 4.69) is 5.32 Å². The van der Waals surface area contributed by atoms with Crippen molar-refractivity contribution in [2.75, 3.05) is 6.54 Å². The quantitative estimate of drug-likeness (QED) is 0.821. The molecule has 0 saturated carbocycles. The Kier molecular flexibility index (Phi) is 5.59. The molecule has 1 aromatic rings. The minimum absolute atomic E-state index is 0.175. The number of rotatable bonds is 5. The second-order valence-electron chi connectivity index (χ2n) is 4.73. The highest BCUT2D eigenvalue weighted by atomic mass is 35.5. The molecule has 0 spiro atoms. The van der Waals surface area contributed by atoms with Crippen molar-refractivity contribution < 1.29 is 4.79 Å². The summed E-state index contributed by atoms with van der Waals surface area (Å²) in [4.78, 5) is 12.1. The van der Waals surface area contributed by atoms with Crippen LogP contribution in [0.2, 0.25) is 10.0 Å². The average molecular weight is 319 g/mol. The van der Waals surface area contributed by atoms with Crippen molar-refractivity contribution in [3.63, 3.8) is 0 Å². The van der Waals surface area contributed by atoms with Crippen molar-refractivity contribution in [2.45, 2.75) is 20.3 Å². The third kappa shape index (κ3) is 4.34. The van der Waals surface area contributed by atoms with Gasteiger partial charge < -0.3 is 11.1 Å². The molecule has 0 fully saturated rings. The molecule has 1 rings (SSSR count). The Labute approximate surface area is 128 Å².